The molecule has 0 aliphatic rings. The molecule has 0 N–H and O–H groups in total. The Balaban J connectivity index is 2.06. The van der Waals surface area contributed by atoms with E-state index in [4.69, 9.17) is 4.74 Å². The molecule has 2 rings (SSSR count). The first-order valence-electron chi connectivity index (χ1n) is 7.18. The zero-order valence-electron chi connectivity index (χ0n) is 12.7. The number of rotatable bonds is 4. The molecule has 0 saturated carbocycles. The Kier molecular flexibility index (Phi) is 5.91. The van der Waals surface area contributed by atoms with Crippen LogP contribution in [0.5, 0.6) is 5.75 Å². The Bertz CT molecular complexity index is 717. The molecule has 0 fully saturated rings. The lowest BCUT2D eigenvalue weighted by atomic mass is 10.1. The summed E-state index contributed by atoms with van der Waals surface area (Å²) < 4.78 is 5.74. The molecule has 0 spiro atoms. The number of nitrogens with zero attached hydrogens (tertiary/aromatic N) is 1. The molecule has 1 unspecified atom stereocenters. The number of thiocarbonyl (C=S) groups is 1. The molecule has 0 aliphatic carbocycles. The smallest absolute Gasteiger partial charge is 0.119 e. The van der Waals surface area contributed by atoms with Crippen molar-refractivity contribution in [3.63, 3.8) is 0 Å². The van der Waals surface area contributed by atoms with Crippen molar-refractivity contribution in [2.45, 2.75) is 26.4 Å². The summed E-state index contributed by atoms with van der Waals surface area (Å²) in [5.41, 5.74) is 2.67. The number of benzene rings is 2. The molecule has 2 aromatic rings. The van der Waals surface area contributed by atoms with Crippen LogP contribution < -0.4 is 4.74 Å². The van der Waals surface area contributed by atoms with Gasteiger partial charge in [0.2, 0.25) is 0 Å². The van der Waals surface area contributed by atoms with E-state index in [1.165, 1.54) is 0 Å². The molecular weight excluding hydrogens is 290 g/mol. The van der Waals surface area contributed by atoms with Crippen molar-refractivity contribution in [3.8, 4) is 17.6 Å². The minimum atomic E-state index is 0.227. The van der Waals surface area contributed by atoms with E-state index in [2.05, 4.69) is 48.1 Å². The highest BCUT2D eigenvalue weighted by Crippen LogP contribution is 2.15. The predicted molar refractivity (Wildman–Crippen MR) is 93.9 cm³/mol. The fourth-order valence-electron chi connectivity index (χ4n) is 1.75. The zero-order valence-corrected chi connectivity index (χ0v) is 13.5. The summed E-state index contributed by atoms with van der Waals surface area (Å²) in [7, 11) is 0. The summed E-state index contributed by atoms with van der Waals surface area (Å²) >= 11 is 4.57. The second-order valence-corrected chi connectivity index (χ2v) is 5.04. The largest absolute Gasteiger partial charge is 0.491 e. The SMILES string of the molecule is CCC(C)Oc1ccc(C#Cc2ccc(N=C=S)cc2)cc1. The van der Waals surface area contributed by atoms with E-state index in [1.807, 2.05) is 48.5 Å². The highest BCUT2D eigenvalue weighted by molar-refractivity contribution is 7.78. The molecule has 2 nitrogen and oxygen atoms in total. The second kappa shape index (κ2) is 8.14. The molecule has 2 aromatic carbocycles. The Morgan fingerprint density at radius 3 is 2.05 bits per heavy atom. The van der Waals surface area contributed by atoms with Gasteiger partial charge in [-0.1, -0.05) is 18.8 Å². The quantitative estimate of drug-likeness (QED) is 0.450. The van der Waals surface area contributed by atoms with Gasteiger partial charge >= 0.3 is 0 Å². The topological polar surface area (TPSA) is 21.6 Å². The number of hydrogen-bond donors (Lipinski definition) is 0. The fourth-order valence-corrected chi connectivity index (χ4v) is 1.85. The van der Waals surface area contributed by atoms with E-state index in [0.717, 1.165) is 29.0 Å². The predicted octanol–water partition coefficient (Wildman–Crippen LogP) is 5.00. The van der Waals surface area contributed by atoms with Crippen LogP contribution in [0.1, 0.15) is 31.4 Å². The van der Waals surface area contributed by atoms with Gasteiger partial charge in [-0.2, -0.15) is 4.99 Å². The van der Waals surface area contributed by atoms with Crippen molar-refractivity contribution in [1.29, 1.82) is 0 Å². The van der Waals surface area contributed by atoms with Gasteiger partial charge in [-0.25, -0.2) is 0 Å². The van der Waals surface area contributed by atoms with Crippen molar-refractivity contribution in [2.24, 2.45) is 4.99 Å². The third kappa shape index (κ3) is 4.86. The third-order valence-electron chi connectivity index (χ3n) is 3.16. The normalized spacial score (nSPS) is 10.8. The van der Waals surface area contributed by atoms with Crippen LogP contribution in [0.2, 0.25) is 0 Å². The first kappa shape index (κ1) is 16.0. The summed E-state index contributed by atoms with van der Waals surface area (Å²) in [5, 5.41) is 2.34. The monoisotopic (exact) mass is 307 g/mol. The Morgan fingerprint density at radius 1 is 1.00 bits per heavy atom. The van der Waals surface area contributed by atoms with E-state index in [9.17, 15) is 0 Å². The van der Waals surface area contributed by atoms with E-state index in [1.54, 1.807) is 0 Å². The molecule has 0 aromatic heterocycles. The van der Waals surface area contributed by atoms with Crippen molar-refractivity contribution in [1.82, 2.24) is 0 Å². The molecule has 0 heterocycles. The van der Waals surface area contributed by atoms with Crippen LogP contribution >= 0.6 is 12.2 Å². The van der Waals surface area contributed by atoms with Gasteiger partial charge in [-0.3, -0.25) is 0 Å². The number of aliphatic imine (C=N–C) groups is 1. The van der Waals surface area contributed by atoms with Gasteiger partial charge in [-0.15, -0.1) is 0 Å². The van der Waals surface area contributed by atoms with Gasteiger partial charge in [-0.05, 0) is 74.1 Å². The van der Waals surface area contributed by atoms with Gasteiger partial charge in [0.25, 0.3) is 0 Å². The molecule has 110 valence electrons. The van der Waals surface area contributed by atoms with Crippen LogP contribution in [0, 0.1) is 11.8 Å². The summed E-state index contributed by atoms with van der Waals surface area (Å²) in [5.74, 6) is 7.13. The molecule has 1 atom stereocenters. The molecule has 0 saturated heterocycles. The van der Waals surface area contributed by atoms with Gasteiger partial charge in [0.15, 0.2) is 0 Å². The molecule has 0 aliphatic heterocycles. The number of isothiocyanates is 1. The minimum absolute atomic E-state index is 0.227. The highest BCUT2D eigenvalue weighted by atomic mass is 32.1. The lowest BCUT2D eigenvalue weighted by molar-refractivity contribution is 0.217. The lowest BCUT2D eigenvalue weighted by Crippen LogP contribution is -2.09. The summed E-state index contributed by atoms with van der Waals surface area (Å²) in [4.78, 5) is 3.91. The van der Waals surface area contributed by atoms with E-state index in [-0.39, 0.29) is 6.10 Å². The van der Waals surface area contributed by atoms with Gasteiger partial charge in [0.1, 0.15) is 5.75 Å². The summed E-state index contributed by atoms with van der Waals surface area (Å²) in [6.07, 6.45) is 1.22. The van der Waals surface area contributed by atoms with E-state index < -0.39 is 0 Å². The Hall–Kier alpha value is -2.40. The van der Waals surface area contributed by atoms with Gasteiger partial charge in [0, 0.05) is 11.1 Å². The van der Waals surface area contributed by atoms with Crippen LogP contribution in [0.4, 0.5) is 5.69 Å². The second-order valence-electron chi connectivity index (χ2n) is 4.86. The fraction of sp³-hybridized carbons (Fsp3) is 0.211. The zero-order chi connectivity index (χ0) is 15.8. The van der Waals surface area contributed by atoms with Gasteiger partial charge in [0.05, 0.1) is 17.0 Å². The number of ether oxygens (including phenoxy) is 1. The average molecular weight is 307 g/mol. The maximum Gasteiger partial charge on any atom is 0.119 e. The first-order valence-corrected chi connectivity index (χ1v) is 7.58. The molecule has 0 amide bonds. The molecule has 3 heteroatoms. The molecule has 0 radical (unpaired) electrons. The maximum absolute atomic E-state index is 5.74. The highest BCUT2D eigenvalue weighted by Gasteiger charge is 2.00. The van der Waals surface area contributed by atoms with Crippen LogP contribution in [0.25, 0.3) is 0 Å². The molecular formula is C19H17NOS. The van der Waals surface area contributed by atoms with Crippen LogP contribution in [0.15, 0.2) is 53.5 Å². The van der Waals surface area contributed by atoms with Crippen LogP contribution in [-0.4, -0.2) is 11.3 Å². The maximum atomic E-state index is 5.74. The van der Waals surface area contributed by atoms with Crippen molar-refractivity contribution >= 4 is 23.1 Å². The Morgan fingerprint density at radius 2 is 1.55 bits per heavy atom. The minimum Gasteiger partial charge on any atom is -0.491 e. The van der Waals surface area contributed by atoms with Crippen LogP contribution in [-0.2, 0) is 0 Å². The first-order chi connectivity index (χ1) is 10.7. The average Bonchev–Trinajstić information content (AvgIpc) is 2.56. The van der Waals surface area contributed by atoms with E-state index >= 15 is 0 Å². The van der Waals surface area contributed by atoms with Crippen molar-refractivity contribution in [2.75, 3.05) is 0 Å². The summed E-state index contributed by atoms with van der Waals surface area (Å²) in [6, 6.07) is 15.4. The van der Waals surface area contributed by atoms with Crippen LogP contribution in [0.3, 0.4) is 0 Å². The molecule has 22 heavy (non-hydrogen) atoms. The molecule has 0 bridgehead atoms. The lowest BCUT2D eigenvalue weighted by Gasteiger charge is -2.11. The summed E-state index contributed by atoms with van der Waals surface area (Å²) in [6.45, 7) is 4.17. The number of hydrogen-bond acceptors (Lipinski definition) is 3. The Labute approximate surface area is 136 Å². The standard InChI is InChI=1S/C19H17NOS/c1-3-15(2)21-19-12-8-17(9-13-19)5-4-16-6-10-18(11-7-16)20-14-22/h6-13,15H,3H2,1-2H3. The van der Waals surface area contributed by atoms with E-state index in [0.29, 0.717) is 0 Å². The third-order valence-corrected chi connectivity index (χ3v) is 3.25. The van der Waals surface area contributed by atoms with Crippen molar-refractivity contribution in [3.05, 3.63) is 59.7 Å². The van der Waals surface area contributed by atoms with Crippen molar-refractivity contribution < 1.29 is 4.74 Å². The van der Waals surface area contributed by atoms with Gasteiger partial charge < -0.3 is 4.74 Å².